The van der Waals surface area contributed by atoms with E-state index in [-0.39, 0.29) is 17.5 Å². The molecule has 0 aromatic heterocycles. The Kier molecular flexibility index (Phi) is 4.65. The Morgan fingerprint density at radius 3 is 2.78 bits per heavy atom. The Morgan fingerprint density at radius 2 is 2.11 bits per heavy atom. The van der Waals surface area contributed by atoms with Crippen LogP contribution in [-0.4, -0.2) is 32.5 Å². The van der Waals surface area contributed by atoms with Crippen molar-refractivity contribution < 1.29 is 8.42 Å². The van der Waals surface area contributed by atoms with E-state index in [0.29, 0.717) is 11.4 Å². The highest BCUT2D eigenvalue weighted by Crippen LogP contribution is 2.16. The van der Waals surface area contributed by atoms with Crippen molar-refractivity contribution in [3.8, 4) is 0 Å². The third-order valence-electron chi connectivity index (χ3n) is 3.26. The number of hydrogen-bond donors (Lipinski definition) is 1. The van der Waals surface area contributed by atoms with Crippen LogP contribution in [0.15, 0.2) is 24.3 Å². The van der Waals surface area contributed by atoms with Crippen molar-refractivity contribution in [2.75, 3.05) is 18.1 Å². The van der Waals surface area contributed by atoms with Gasteiger partial charge in [-0.1, -0.05) is 29.8 Å². The molecule has 1 saturated heterocycles. The number of hydrogen-bond acceptors (Lipinski definition) is 3. The van der Waals surface area contributed by atoms with E-state index in [4.69, 9.17) is 11.6 Å². The summed E-state index contributed by atoms with van der Waals surface area (Å²) >= 11 is 6.02. The second kappa shape index (κ2) is 6.04. The van der Waals surface area contributed by atoms with Crippen LogP contribution in [0.1, 0.15) is 18.4 Å². The van der Waals surface area contributed by atoms with Gasteiger partial charge in [-0.3, -0.25) is 0 Å². The minimum Gasteiger partial charge on any atom is -0.313 e. The zero-order chi connectivity index (χ0) is 13.0. The SMILES string of the molecule is O=S(=O)(CCc1ccccc1Cl)CC1CCCN1. The quantitative estimate of drug-likeness (QED) is 0.902. The lowest BCUT2D eigenvalue weighted by Gasteiger charge is -2.11. The molecule has 0 amide bonds. The first-order chi connectivity index (χ1) is 8.57. The minimum atomic E-state index is -3.00. The van der Waals surface area contributed by atoms with Crippen LogP contribution in [0, 0.1) is 0 Å². The van der Waals surface area contributed by atoms with Gasteiger partial charge in [0.05, 0.1) is 11.5 Å². The fraction of sp³-hybridized carbons (Fsp3) is 0.538. The molecule has 1 heterocycles. The van der Waals surface area contributed by atoms with Gasteiger partial charge in [0.1, 0.15) is 0 Å². The van der Waals surface area contributed by atoms with E-state index in [0.717, 1.165) is 24.9 Å². The summed E-state index contributed by atoms with van der Waals surface area (Å²) in [5, 5.41) is 3.86. The maximum atomic E-state index is 12.0. The van der Waals surface area contributed by atoms with E-state index in [2.05, 4.69) is 5.32 Å². The summed E-state index contributed by atoms with van der Waals surface area (Å²) in [5.74, 6) is 0.423. The molecule has 5 heteroatoms. The summed E-state index contributed by atoms with van der Waals surface area (Å²) in [6.07, 6.45) is 2.53. The number of rotatable bonds is 5. The van der Waals surface area contributed by atoms with Gasteiger partial charge < -0.3 is 5.32 Å². The van der Waals surface area contributed by atoms with Crippen LogP contribution in [0.5, 0.6) is 0 Å². The molecule has 1 fully saturated rings. The van der Waals surface area contributed by atoms with Gasteiger partial charge in [-0.2, -0.15) is 0 Å². The monoisotopic (exact) mass is 287 g/mol. The third-order valence-corrected chi connectivity index (χ3v) is 5.36. The van der Waals surface area contributed by atoms with Crippen LogP contribution >= 0.6 is 11.6 Å². The van der Waals surface area contributed by atoms with Gasteiger partial charge in [-0.25, -0.2) is 8.42 Å². The molecule has 0 spiro atoms. The third kappa shape index (κ3) is 3.97. The normalized spacial score (nSPS) is 20.2. The summed E-state index contributed by atoms with van der Waals surface area (Å²) < 4.78 is 24.0. The molecule has 1 unspecified atom stereocenters. The van der Waals surface area contributed by atoms with E-state index in [1.807, 2.05) is 18.2 Å². The average Bonchev–Trinajstić information content (AvgIpc) is 2.80. The molecule has 18 heavy (non-hydrogen) atoms. The molecule has 1 aliphatic rings. The molecule has 1 aliphatic heterocycles. The minimum absolute atomic E-state index is 0.140. The highest BCUT2D eigenvalue weighted by Gasteiger charge is 2.22. The van der Waals surface area contributed by atoms with Gasteiger partial charge in [-0.15, -0.1) is 0 Å². The van der Waals surface area contributed by atoms with Gasteiger partial charge in [0.15, 0.2) is 9.84 Å². The summed E-state index contributed by atoms with van der Waals surface area (Å²) in [7, 11) is -3.00. The summed E-state index contributed by atoms with van der Waals surface area (Å²) in [5.41, 5.74) is 0.905. The lowest BCUT2D eigenvalue weighted by Crippen LogP contribution is -2.31. The first-order valence-corrected chi connectivity index (χ1v) is 8.44. The number of nitrogens with one attached hydrogen (secondary N) is 1. The lowest BCUT2D eigenvalue weighted by molar-refractivity contribution is 0.576. The maximum absolute atomic E-state index is 12.0. The molecule has 1 aromatic carbocycles. The fourth-order valence-electron chi connectivity index (χ4n) is 2.26. The van der Waals surface area contributed by atoms with E-state index >= 15 is 0 Å². The highest BCUT2D eigenvalue weighted by atomic mass is 35.5. The number of halogens is 1. The predicted molar refractivity (Wildman–Crippen MR) is 74.8 cm³/mol. The smallest absolute Gasteiger partial charge is 0.152 e. The van der Waals surface area contributed by atoms with Crippen LogP contribution in [0.4, 0.5) is 0 Å². The van der Waals surface area contributed by atoms with Crippen molar-refractivity contribution >= 4 is 21.4 Å². The lowest BCUT2D eigenvalue weighted by atomic mass is 10.2. The molecule has 0 aliphatic carbocycles. The second-order valence-electron chi connectivity index (χ2n) is 4.75. The van der Waals surface area contributed by atoms with Gasteiger partial charge in [0.25, 0.3) is 0 Å². The Hall–Kier alpha value is -0.580. The van der Waals surface area contributed by atoms with E-state index in [1.165, 1.54) is 0 Å². The van der Waals surface area contributed by atoms with Crippen molar-refractivity contribution in [1.29, 1.82) is 0 Å². The molecule has 2 rings (SSSR count). The maximum Gasteiger partial charge on any atom is 0.152 e. The van der Waals surface area contributed by atoms with Crippen LogP contribution in [-0.2, 0) is 16.3 Å². The van der Waals surface area contributed by atoms with Crippen molar-refractivity contribution in [2.24, 2.45) is 0 Å². The molecule has 0 radical (unpaired) electrons. The molecule has 0 bridgehead atoms. The molecule has 1 aromatic rings. The molecular formula is C13H18ClNO2S. The standard InChI is InChI=1S/C13H18ClNO2S/c14-13-6-2-1-4-11(13)7-9-18(16,17)10-12-5-3-8-15-12/h1-2,4,6,12,15H,3,5,7-10H2. The van der Waals surface area contributed by atoms with Crippen molar-refractivity contribution in [1.82, 2.24) is 5.32 Å². The Labute approximate surface area is 113 Å². The van der Waals surface area contributed by atoms with Crippen LogP contribution in [0.25, 0.3) is 0 Å². The highest BCUT2D eigenvalue weighted by molar-refractivity contribution is 7.91. The zero-order valence-electron chi connectivity index (χ0n) is 10.2. The van der Waals surface area contributed by atoms with Gasteiger partial charge in [-0.05, 0) is 37.4 Å². The van der Waals surface area contributed by atoms with E-state index in [1.54, 1.807) is 6.07 Å². The number of aryl methyl sites for hydroxylation is 1. The van der Waals surface area contributed by atoms with Gasteiger partial charge in [0, 0.05) is 11.1 Å². The summed E-state index contributed by atoms with van der Waals surface area (Å²) in [4.78, 5) is 0. The van der Waals surface area contributed by atoms with Crippen LogP contribution < -0.4 is 5.32 Å². The van der Waals surface area contributed by atoms with Crippen molar-refractivity contribution in [2.45, 2.75) is 25.3 Å². The van der Waals surface area contributed by atoms with Crippen molar-refractivity contribution in [3.63, 3.8) is 0 Å². The van der Waals surface area contributed by atoms with Crippen molar-refractivity contribution in [3.05, 3.63) is 34.9 Å². The van der Waals surface area contributed by atoms with E-state index < -0.39 is 9.84 Å². The fourth-order valence-corrected chi connectivity index (χ4v) is 4.08. The average molecular weight is 288 g/mol. The predicted octanol–water partition coefficient (Wildman–Crippen LogP) is 2.05. The van der Waals surface area contributed by atoms with Gasteiger partial charge in [0.2, 0.25) is 0 Å². The molecule has 1 N–H and O–H groups in total. The molecular weight excluding hydrogens is 270 g/mol. The number of sulfone groups is 1. The summed E-state index contributed by atoms with van der Waals surface area (Å²) in [6, 6.07) is 7.55. The van der Waals surface area contributed by atoms with Gasteiger partial charge >= 0.3 is 0 Å². The topological polar surface area (TPSA) is 46.2 Å². The van der Waals surface area contributed by atoms with Crippen LogP contribution in [0.3, 0.4) is 0 Å². The molecule has 0 saturated carbocycles. The Morgan fingerprint density at radius 1 is 1.33 bits per heavy atom. The molecule has 3 nitrogen and oxygen atoms in total. The Balaban J connectivity index is 1.90. The molecule has 100 valence electrons. The Bertz CT molecular complexity index is 495. The number of benzene rings is 1. The largest absolute Gasteiger partial charge is 0.313 e. The first kappa shape index (κ1) is 13.8. The molecule has 1 atom stereocenters. The van der Waals surface area contributed by atoms with E-state index in [9.17, 15) is 8.42 Å². The first-order valence-electron chi connectivity index (χ1n) is 6.24. The second-order valence-corrected chi connectivity index (χ2v) is 7.38. The summed E-state index contributed by atoms with van der Waals surface area (Å²) in [6.45, 7) is 0.935. The van der Waals surface area contributed by atoms with Crippen LogP contribution in [0.2, 0.25) is 5.02 Å². The zero-order valence-corrected chi connectivity index (χ0v) is 11.8.